The smallest absolute Gasteiger partial charge is 0.105 e. The average Bonchev–Trinajstić information content (AvgIpc) is 2.16. The maximum Gasteiger partial charge on any atom is 0.105 e. The predicted molar refractivity (Wildman–Crippen MR) is 69.3 cm³/mol. The fourth-order valence-electron chi connectivity index (χ4n) is 2.09. The summed E-state index contributed by atoms with van der Waals surface area (Å²) in [6.07, 6.45) is 2.01. The van der Waals surface area contributed by atoms with Gasteiger partial charge >= 0.3 is 0 Å². The number of hydrogen-bond acceptors (Lipinski definition) is 3. The quantitative estimate of drug-likeness (QED) is 0.723. The molecule has 0 aliphatic heterocycles. The molecule has 0 aromatic rings. The Bertz CT molecular complexity index is 232. The summed E-state index contributed by atoms with van der Waals surface area (Å²) in [4.78, 5) is 2.32. The van der Waals surface area contributed by atoms with Crippen LogP contribution < -0.4 is 5.32 Å². The van der Waals surface area contributed by atoms with Gasteiger partial charge in [-0.3, -0.25) is 5.32 Å². The van der Waals surface area contributed by atoms with E-state index in [-0.39, 0.29) is 0 Å². The lowest BCUT2D eigenvalue weighted by Crippen LogP contribution is -2.49. The van der Waals surface area contributed by atoms with E-state index in [0.29, 0.717) is 12.1 Å². The molecule has 0 bridgehead atoms. The molecule has 2 atom stereocenters. The van der Waals surface area contributed by atoms with Crippen LogP contribution >= 0.6 is 0 Å². The van der Waals surface area contributed by atoms with Gasteiger partial charge in [0.15, 0.2) is 0 Å². The highest BCUT2D eigenvalue weighted by atomic mass is 15.1. The van der Waals surface area contributed by atoms with Crippen LogP contribution in [-0.2, 0) is 0 Å². The monoisotopic (exact) mass is 225 g/mol. The van der Waals surface area contributed by atoms with Gasteiger partial charge in [-0.1, -0.05) is 6.92 Å². The molecular weight excluding hydrogens is 198 g/mol. The molecule has 0 heterocycles. The van der Waals surface area contributed by atoms with Crippen LogP contribution in [0, 0.1) is 11.3 Å². The van der Waals surface area contributed by atoms with Crippen LogP contribution in [0.3, 0.4) is 0 Å². The van der Waals surface area contributed by atoms with Gasteiger partial charge in [0.1, 0.15) is 5.54 Å². The SMILES string of the molecule is CCCN(C)C(C)CC(C)(C#N)NC(C)C. The molecule has 0 rings (SSSR count). The summed E-state index contributed by atoms with van der Waals surface area (Å²) in [7, 11) is 2.13. The number of nitriles is 1. The molecule has 0 aliphatic rings. The van der Waals surface area contributed by atoms with Crippen molar-refractivity contribution >= 4 is 0 Å². The zero-order valence-corrected chi connectivity index (χ0v) is 11.7. The average molecular weight is 225 g/mol. The summed E-state index contributed by atoms with van der Waals surface area (Å²) < 4.78 is 0. The fourth-order valence-corrected chi connectivity index (χ4v) is 2.09. The first-order valence-electron chi connectivity index (χ1n) is 6.23. The van der Waals surface area contributed by atoms with E-state index in [1.54, 1.807) is 0 Å². The second kappa shape index (κ2) is 6.88. The molecule has 0 fully saturated rings. The van der Waals surface area contributed by atoms with Gasteiger partial charge in [-0.15, -0.1) is 0 Å². The minimum absolute atomic E-state index is 0.341. The van der Waals surface area contributed by atoms with Crippen molar-refractivity contribution in [1.82, 2.24) is 10.2 Å². The van der Waals surface area contributed by atoms with E-state index < -0.39 is 5.54 Å². The van der Waals surface area contributed by atoms with E-state index in [0.717, 1.165) is 19.4 Å². The number of rotatable bonds is 7. The summed E-state index contributed by atoms with van der Waals surface area (Å²) in [5, 5.41) is 12.6. The van der Waals surface area contributed by atoms with Crippen molar-refractivity contribution in [3.63, 3.8) is 0 Å². The first-order chi connectivity index (χ1) is 7.34. The molecule has 0 spiro atoms. The summed E-state index contributed by atoms with van der Waals surface area (Å²) in [6.45, 7) is 11.6. The maximum atomic E-state index is 9.26. The van der Waals surface area contributed by atoms with E-state index in [1.807, 2.05) is 6.92 Å². The second-order valence-corrected chi connectivity index (χ2v) is 5.28. The third-order valence-corrected chi connectivity index (χ3v) is 2.89. The number of nitrogens with one attached hydrogen (secondary N) is 1. The van der Waals surface area contributed by atoms with Gasteiger partial charge in [0, 0.05) is 12.1 Å². The van der Waals surface area contributed by atoms with E-state index in [9.17, 15) is 5.26 Å². The molecule has 0 saturated carbocycles. The van der Waals surface area contributed by atoms with Gasteiger partial charge in [0.2, 0.25) is 0 Å². The normalized spacial score (nSPS) is 17.2. The van der Waals surface area contributed by atoms with Crippen molar-refractivity contribution in [2.45, 2.75) is 65.1 Å². The minimum Gasteiger partial charge on any atom is -0.304 e. The summed E-state index contributed by atoms with van der Waals surface area (Å²) in [5.74, 6) is 0. The molecule has 1 N–H and O–H groups in total. The van der Waals surface area contributed by atoms with Gasteiger partial charge < -0.3 is 4.90 Å². The predicted octanol–water partition coefficient (Wildman–Crippen LogP) is 2.39. The molecule has 2 unspecified atom stereocenters. The molecule has 94 valence electrons. The Morgan fingerprint density at radius 1 is 1.38 bits per heavy atom. The highest BCUT2D eigenvalue weighted by Gasteiger charge is 2.28. The third-order valence-electron chi connectivity index (χ3n) is 2.89. The molecule has 16 heavy (non-hydrogen) atoms. The largest absolute Gasteiger partial charge is 0.304 e. The summed E-state index contributed by atoms with van der Waals surface area (Å²) >= 11 is 0. The molecular formula is C13H27N3. The van der Waals surface area contributed by atoms with Crippen molar-refractivity contribution in [2.75, 3.05) is 13.6 Å². The lowest BCUT2D eigenvalue weighted by molar-refractivity contribution is 0.209. The van der Waals surface area contributed by atoms with Crippen LogP contribution in [0.1, 0.15) is 47.5 Å². The second-order valence-electron chi connectivity index (χ2n) is 5.28. The van der Waals surface area contributed by atoms with Gasteiger partial charge in [0.05, 0.1) is 6.07 Å². The molecule has 3 heteroatoms. The van der Waals surface area contributed by atoms with Gasteiger partial charge in [-0.05, 0) is 54.1 Å². The molecule has 0 aromatic heterocycles. The Morgan fingerprint density at radius 2 is 1.94 bits per heavy atom. The van der Waals surface area contributed by atoms with Crippen molar-refractivity contribution in [1.29, 1.82) is 5.26 Å². The zero-order valence-electron chi connectivity index (χ0n) is 11.7. The van der Waals surface area contributed by atoms with Crippen LogP contribution in [0.4, 0.5) is 0 Å². The van der Waals surface area contributed by atoms with Crippen LogP contribution in [-0.4, -0.2) is 36.1 Å². The molecule has 3 nitrogen and oxygen atoms in total. The van der Waals surface area contributed by atoms with Crippen LogP contribution in [0.5, 0.6) is 0 Å². The van der Waals surface area contributed by atoms with E-state index >= 15 is 0 Å². The van der Waals surface area contributed by atoms with Crippen LogP contribution in [0.25, 0.3) is 0 Å². The third kappa shape index (κ3) is 5.48. The Hall–Kier alpha value is -0.590. The maximum absolute atomic E-state index is 9.26. The van der Waals surface area contributed by atoms with Crippen LogP contribution in [0.2, 0.25) is 0 Å². The Morgan fingerprint density at radius 3 is 2.31 bits per heavy atom. The lowest BCUT2D eigenvalue weighted by atomic mass is 9.93. The van der Waals surface area contributed by atoms with E-state index in [2.05, 4.69) is 51.0 Å². The minimum atomic E-state index is -0.421. The van der Waals surface area contributed by atoms with E-state index in [4.69, 9.17) is 0 Å². The standard InChI is InChI=1S/C13H27N3/c1-7-8-16(6)12(4)9-13(5,10-14)15-11(2)3/h11-12,15H,7-9H2,1-6H3. The Balaban J connectivity index is 4.36. The molecule has 0 aromatic carbocycles. The van der Waals surface area contributed by atoms with Crippen molar-refractivity contribution in [3.8, 4) is 6.07 Å². The Kier molecular flexibility index (Phi) is 6.62. The number of hydrogen-bond donors (Lipinski definition) is 1. The summed E-state index contributed by atoms with van der Waals surface area (Å²) in [5.41, 5.74) is -0.421. The van der Waals surface area contributed by atoms with E-state index in [1.165, 1.54) is 0 Å². The fraction of sp³-hybridized carbons (Fsp3) is 0.923. The molecule has 0 radical (unpaired) electrons. The lowest BCUT2D eigenvalue weighted by Gasteiger charge is -2.33. The van der Waals surface area contributed by atoms with Crippen molar-refractivity contribution in [2.24, 2.45) is 0 Å². The summed E-state index contributed by atoms with van der Waals surface area (Å²) in [6, 6.07) is 3.17. The molecule has 0 saturated heterocycles. The molecule has 0 amide bonds. The van der Waals surface area contributed by atoms with Crippen molar-refractivity contribution < 1.29 is 0 Å². The van der Waals surface area contributed by atoms with Gasteiger partial charge in [-0.25, -0.2) is 0 Å². The molecule has 0 aliphatic carbocycles. The zero-order chi connectivity index (χ0) is 12.8. The first-order valence-corrected chi connectivity index (χ1v) is 6.23. The number of nitrogens with zero attached hydrogens (tertiary/aromatic N) is 2. The highest BCUT2D eigenvalue weighted by molar-refractivity contribution is 5.06. The van der Waals surface area contributed by atoms with Gasteiger partial charge in [-0.2, -0.15) is 5.26 Å². The van der Waals surface area contributed by atoms with Crippen molar-refractivity contribution in [3.05, 3.63) is 0 Å². The first kappa shape index (κ1) is 15.4. The van der Waals surface area contributed by atoms with Gasteiger partial charge in [0.25, 0.3) is 0 Å². The Labute approximate surface area is 101 Å². The highest BCUT2D eigenvalue weighted by Crippen LogP contribution is 2.15. The van der Waals surface area contributed by atoms with Crippen LogP contribution in [0.15, 0.2) is 0 Å². The topological polar surface area (TPSA) is 39.1 Å².